The van der Waals surface area contributed by atoms with Crippen LogP contribution >= 0.6 is 0 Å². The summed E-state index contributed by atoms with van der Waals surface area (Å²) in [6.45, 7) is 3.09. The summed E-state index contributed by atoms with van der Waals surface area (Å²) in [6.07, 6.45) is 3.46. The molecule has 1 unspecified atom stereocenters. The molecule has 1 saturated heterocycles. The van der Waals surface area contributed by atoms with Crippen molar-refractivity contribution >= 4 is 11.9 Å². The Hall–Kier alpha value is -2.82. The Balaban J connectivity index is 1.67. The van der Waals surface area contributed by atoms with E-state index in [1.807, 2.05) is 30.3 Å². The molecule has 5 nitrogen and oxygen atoms in total. The van der Waals surface area contributed by atoms with Crippen molar-refractivity contribution in [1.29, 1.82) is 0 Å². The summed E-state index contributed by atoms with van der Waals surface area (Å²) in [6, 6.07) is 16.1. The van der Waals surface area contributed by atoms with E-state index in [2.05, 4.69) is 0 Å². The quantitative estimate of drug-likeness (QED) is 0.734. The second-order valence-corrected chi connectivity index (χ2v) is 6.70. The van der Waals surface area contributed by atoms with Gasteiger partial charge in [-0.3, -0.25) is 4.79 Å². The molecule has 0 saturated carbocycles. The fourth-order valence-electron chi connectivity index (χ4n) is 3.16. The maximum absolute atomic E-state index is 12.6. The molecule has 0 N–H and O–H groups in total. The monoisotopic (exact) mass is 367 g/mol. The van der Waals surface area contributed by atoms with Crippen molar-refractivity contribution in [3.63, 3.8) is 0 Å². The van der Waals surface area contributed by atoms with Crippen molar-refractivity contribution in [2.45, 2.75) is 38.7 Å². The highest BCUT2D eigenvalue weighted by Gasteiger charge is 2.26. The molecular formula is C22H25NO4. The second-order valence-electron chi connectivity index (χ2n) is 6.70. The van der Waals surface area contributed by atoms with Crippen LogP contribution in [0.15, 0.2) is 54.6 Å². The van der Waals surface area contributed by atoms with Gasteiger partial charge in [0, 0.05) is 13.1 Å². The van der Waals surface area contributed by atoms with Crippen molar-refractivity contribution < 1.29 is 19.1 Å². The maximum Gasteiger partial charge on any atom is 0.342 e. The summed E-state index contributed by atoms with van der Waals surface area (Å²) in [7, 11) is 0. The van der Waals surface area contributed by atoms with Gasteiger partial charge in [-0.15, -0.1) is 0 Å². The van der Waals surface area contributed by atoms with Crippen molar-refractivity contribution in [2.75, 3.05) is 13.1 Å². The molecule has 5 heteroatoms. The molecule has 2 aromatic rings. The Labute approximate surface area is 159 Å². The molecule has 1 heterocycles. The second kappa shape index (κ2) is 9.21. The highest BCUT2D eigenvalue weighted by atomic mass is 16.5. The van der Waals surface area contributed by atoms with Crippen LogP contribution in [0.25, 0.3) is 0 Å². The first-order chi connectivity index (χ1) is 13.1. The third kappa shape index (κ3) is 5.09. The van der Waals surface area contributed by atoms with Gasteiger partial charge < -0.3 is 14.4 Å². The SMILES string of the molecule is CC(OC(=O)c1ccccc1Oc1ccccc1)C(=O)N1CCCCCC1. The summed E-state index contributed by atoms with van der Waals surface area (Å²) in [5.74, 6) is 0.346. The molecule has 3 rings (SSSR count). The van der Waals surface area contributed by atoms with E-state index in [4.69, 9.17) is 9.47 Å². The fourth-order valence-corrected chi connectivity index (χ4v) is 3.16. The van der Waals surface area contributed by atoms with Crippen molar-refractivity contribution in [3.8, 4) is 11.5 Å². The molecule has 1 atom stereocenters. The van der Waals surface area contributed by atoms with Crippen LogP contribution in [0.1, 0.15) is 43.0 Å². The number of para-hydroxylation sites is 2. The molecule has 27 heavy (non-hydrogen) atoms. The van der Waals surface area contributed by atoms with E-state index >= 15 is 0 Å². The van der Waals surface area contributed by atoms with Crippen LogP contribution in [0.5, 0.6) is 11.5 Å². The third-order valence-electron chi connectivity index (χ3n) is 4.63. The van der Waals surface area contributed by atoms with E-state index in [1.165, 1.54) is 0 Å². The van der Waals surface area contributed by atoms with Crippen LogP contribution in [0.2, 0.25) is 0 Å². The van der Waals surface area contributed by atoms with Gasteiger partial charge in [-0.1, -0.05) is 43.2 Å². The maximum atomic E-state index is 12.6. The number of likely N-dealkylation sites (tertiary alicyclic amines) is 1. The van der Waals surface area contributed by atoms with E-state index in [-0.39, 0.29) is 5.91 Å². The summed E-state index contributed by atoms with van der Waals surface area (Å²) in [4.78, 5) is 27.1. The Bertz CT molecular complexity index is 767. The normalized spacial score (nSPS) is 15.5. The summed E-state index contributed by atoms with van der Waals surface area (Å²) in [5.41, 5.74) is 0.303. The van der Waals surface area contributed by atoms with E-state index in [0.717, 1.165) is 38.8 Å². The molecule has 1 fully saturated rings. The molecule has 142 valence electrons. The first-order valence-corrected chi connectivity index (χ1v) is 9.47. The average Bonchev–Trinajstić information content (AvgIpc) is 2.98. The minimum absolute atomic E-state index is 0.133. The van der Waals surface area contributed by atoms with Crippen molar-refractivity contribution in [1.82, 2.24) is 4.90 Å². The number of esters is 1. The van der Waals surface area contributed by atoms with E-state index < -0.39 is 12.1 Å². The summed E-state index contributed by atoms with van der Waals surface area (Å²) in [5, 5.41) is 0. The van der Waals surface area contributed by atoms with Crippen LogP contribution in [0.4, 0.5) is 0 Å². The van der Waals surface area contributed by atoms with Gasteiger partial charge in [0.15, 0.2) is 6.10 Å². The molecule has 1 aliphatic heterocycles. The number of carbonyl (C=O) groups is 2. The molecule has 0 radical (unpaired) electrons. The smallest absolute Gasteiger partial charge is 0.342 e. The Morgan fingerprint density at radius 3 is 2.22 bits per heavy atom. The predicted octanol–water partition coefficient (Wildman–Crippen LogP) is 4.43. The van der Waals surface area contributed by atoms with Crippen LogP contribution in [-0.4, -0.2) is 36.0 Å². The van der Waals surface area contributed by atoms with Gasteiger partial charge in [0.2, 0.25) is 0 Å². The van der Waals surface area contributed by atoms with Crippen LogP contribution in [0, 0.1) is 0 Å². The lowest BCUT2D eigenvalue weighted by Crippen LogP contribution is -2.40. The third-order valence-corrected chi connectivity index (χ3v) is 4.63. The van der Waals surface area contributed by atoms with Gasteiger partial charge in [-0.05, 0) is 44.0 Å². The van der Waals surface area contributed by atoms with Crippen LogP contribution in [-0.2, 0) is 9.53 Å². The van der Waals surface area contributed by atoms with Gasteiger partial charge in [0.05, 0.1) is 0 Å². The molecule has 0 aromatic heterocycles. The lowest BCUT2D eigenvalue weighted by atomic mass is 10.2. The highest BCUT2D eigenvalue weighted by Crippen LogP contribution is 2.26. The van der Waals surface area contributed by atoms with E-state index in [9.17, 15) is 9.59 Å². The number of nitrogens with zero attached hydrogens (tertiary/aromatic N) is 1. The Kier molecular flexibility index (Phi) is 6.47. The number of hydrogen-bond acceptors (Lipinski definition) is 4. The molecular weight excluding hydrogens is 342 g/mol. The van der Waals surface area contributed by atoms with Gasteiger partial charge in [-0.25, -0.2) is 4.79 Å². The zero-order valence-corrected chi connectivity index (χ0v) is 15.6. The molecule has 0 spiro atoms. The zero-order chi connectivity index (χ0) is 19.1. The standard InChI is InChI=1S/C22H25NO4/c1-17(21(24)23-15-9-2-3-10-16-23)26-22(25)19-13-7-8-14-20(19)27-18-11-5-4-6-12-18/h4-8,11-14,17H,2-3,9-10,15-16H2,1H3. The zero-order valence-electron chi connectivity index (χ0n) is 15.6. The molecule has 2 aromatic carbocycles. The number of rotatable bonds is 5. The first kappa shape index (κ1) is 19.0. The molecule has 1 amide bonds. The first-order valence-electron chi connectivity index (χ1n) is 9.47. The van der Waals surface area contributed by atoms with E-state index in [1.54, 1.807) is 36.1 Å². The van der Waals surface area contributed by atoms with Gasteiger partial charge in [-0.2, -0.15) is 0 Å². The topological polar surface area (TPSA) is 55.8 Å². The minimum Gasteiger partial charge on any atom is -0.456 e. The number of carbonyl (C=O) groups excluding carboxylic acids is 2. The lowest BCUT2D eigenvalue weighted by molar-refractivity contribution is -0.139. The largest absolute Gasteiger partial charge is 0.456 e. The van der Waals surface area contributed by atoms with Gasteiger partial charge in [0.1, 0.15) is 17.1 Å². The Morgan fingerprint density at radius 1 is 0.889 bits per heavy atom. The molecule has 0 aliphatic carbocycles. The molecule has 1 aliphatic rings. The average molecular weight is 367 g/mol. The summed E-state index contributed by atoms with van der Waals surface area (Å²) < 4.78 is 11.3. The molecule has 0 bridgehead atoms. The van der Waals surface area contributed by atoms with Crippen LogP contribution < -0.4 is 4.74 Å². The number of ether oxygens (including phenoxy) is 2. The van der Waals surface area contributed by atoms with Gasteiger partial charge >= 0.3 is 5.97 Å². The van der Waals surface area contributed by atoms with Crippen molar-refractivity contribution in [2.24, 2.45) is 0 Å². The summed E-state index contributed by atoms with van der Waals surface area (Å²) >= 11 is 0. The van der Waals surface area contributed by atoms with Gasteiger partial charge in [0.25, 0.3) is 5.91 Å². The number of amides is 1. The predicted molar refractivity (Wildman–Crippen MR) is 103 cm³/mol. The minimum atomic E-state index is -0.819. The number of benzene rings is 2. The van der Waals surface area contributed by atoms with Crippen LogP contribution in [0.3, 0.4) is 0 Å². The fraction of sp³-hybridized carbons (Fsp3) is 0.364. The van der Waals surface area contributed by atoms with Crippen molar-refractivity contribution in [3.05, 3.63) is 60.2 Å². The highest BCUT2D eigenvalue weighted by molar-refractivity contribution is 5.94. The van der Waals surface area contributed by atoms with E-state index in [0.29, 0.717) is 17.1 Å². The number of hydrogen-bond donors (Lipinski definition) is 0. The lowest BCUT2D eigenvalue weighted by Gasteiger charge is -2.24. The Morgan fingerprint density at radius 2 is 1.52 bits per heavy atom.